The van der Waals surface area contributed by atoms with Crippen molar-refractivity contribution in [1.82, 2.24) is 10.6 Å². The van der Waals surface area contributed by atoms with Crippen molar-refractivity contribution in [3.63, 3.8) is 0 Å². The van der Waals surface area contributed by atoms with Gasteiger partial charge in [0.25, 0.3) is 11.8 Å². The molecule has 0 aromatic heterocycles. The number of carbonyl (C=O) groups excluding carboxylic acids is 2. The Labute approximate surface area is 190 Å². The van der Waals surface area contributed by atoms with Crippen LogP contribution >= 0.6 is 0 Å². The number of nitrogens with one attached hydrogen (secondary N) is 2. The van der Waals surface area contributed by atoms with Crippen LogP contribution in [0.25, 0.3) is 11.1 Å². The third-order valence-electron chi connectivity index (χ3n) is 5.51. The van der Waals surface area contributed by atoms with Gasteiger partial charge in [-0.05, 0) is 53.9 Å². The maximum atomic E-state index is 12.2. The molecule has 1 fully saturated rings. The average Bonchev–Trinajstić information content (AvgIpc) is 2.83. The van der Waals surface area contributed by atoms with Gasteiger partial charge in [0.05, 0.1) is 6.61 Å². The van der Waals surface area contributed by atoms with Crippen LogP contribution < -0.4 is 15.4 Å². The van der Waals surface area contributed by atoms with Gasteiger partial charge in [-0.25, -0.2) is 0 Å². The number of carbonyl (C=O) groups is 2. The van der Waals surface area contributed by atoms with Crippen molar-refractivity contribution >= 4 is 11.8 Å². The van der Waals surface area contributed by atoms with E-state index in [4.69, 9.17) is 9.47 Å². The standard InChI is InChI=1S/C23H28N2O8/c1-11-6-12(13-7-14(21(30)24-2)9-15(8-13)22(31)25-3)4-5-16(11)32-23-20(29)19(28)18(27)17(10-26)33-23/h4-9,17-20,23,26-29H,10H2,1-3H3,(H,24,30)(H,25,31)/t17-,18-,19+,20+,23+/m1/s1. The predicted molar refractivity (Wildman–Crippen MR) is 118 cm³/mol. The zero-order valence-electron chi connectivity index (χ0n) is 18.5. The maximum absolute atomic E-state index is 12.2. The summed E-state index contributed by atoms with van der Waals surface area (Å²) in [7, 11) is 3.01. The molecule has 5 atom stereocenters. The van der Waals surface area contributed by atoms with Crippen LogP contribution in [0.15, 0.2) is 36.4 Å². The Kier molecular flexibility index (Phi) is 7.67. The molecule has 2 aromatic rings. The quantitative estimate of drug-likeness (QED) is 0.339. The topological polar surface area (TPSA) is 158 Å². The molecule has 10 nitrogen and oxygen atoms in total. The number of amides is 2. The number of ether oxygens (including phenoxy) is 2. The van der Waals surface area contributed by atoms with Crippen molar-refractivity contribution in [2.45, 2.75) is 37.6 Å². The largest absolute Gasteiger partial charge is 0.462 e. The lowest BCUT2D eigenvalue weighted by molar-refractivity contribution is -0.277. The van der Waals surface area contributed by atoms with Gasteiger partial charge in [0.1, 0.15) is 30.2 Å². The zero-order chi connectivity index (χ0) is 24.3. The van der Waals surface area contributed by atoms with E-state index in [2.05, 4.69) is 10.6 Å². The normalized spacial score (nSPS) is 24.8. The Morgan fingerprint density at radius 2 is 1.52 bits per heavy atom. The second-order valence-electron chi connectivity index (χ2n) is 7.75. The van der Waals surface area contributed by atoms with Crippen LogP contribution in [-0.4, -0.2) is 83.6 Å². The van der Waals surface area contributed by atoms with E-state index in [1.54, 1.807) is 37.3 Å². The van der Waals surface area contributed by atoms with Crippen LogP contribution in [0.3, 0.4) is 0 Å². The minimum absolute atomic E-state index is 0.327. The van der Waals surface area contributed by atoms with E-state index in [1.165, 1.54) is 20.2 Å². The zero-order valence-corrected chi connectivity index (χ0v) is 18.5. The monoisotopic (exact) mass is 460 g/mol. The predicted octanol–water partition coefficient (Wildman–Crippen LogP) is -0.440. The van der Waals surface area contributed by atoms with Gasteiger partial charge < -0.3 is 40.5 Å². The summed E-state index contributed by atoms with van der Waals surface area (Å²) < 4.78 is 11.1. The number of aliphatic hydroxyl groups excluding tert-OH is 4. The van der Waals surface area contributed by atoms with Gasteiger partial charge in [0, 0.05) is 25.2 Å². The minimum atomic E-state index is -1.55. The molecular formula is C23H28N2O8. The first-order valence-corrected chi connectivity index (χ1v) is 10.4. The van der Waals surface area contributed by atoms with E-state index in [9.17, 15) is 30.0 Å². The van der Waals surface area contributed by atoms with Crippen LogP contribution in [0.1, 0.15) is 26.3 Å². The Morgan fingerprint density at radius 3 is 2.03 bits per heavy atom. The molecule has 2 amide bonds. The summed E-state index contributed by atoms with van der Waals surface area (Å²) in [6.07, 6.45) is -6.93. The number of aliphatic hydroxyl groups is 4. The molecular weight excluding hydrogens is 432 g/mol. The van der Waals surface area contributed by atoms with Crippen molar-refractivity contribution in [3.8, 4) is 16.9 Å². The van der Waals surface area contributed by atoms with E-state index >= 15 is 0 Å². The van der Waals surface area contributed by atoms with Crippen molar-refractivity contribution in [2.24, 2.45) is 0 Å². The lowest BCUT2D eigenvalue weighted by Gasteiger charge is -2.39. The molecule has 33 heavy (non-hydrogen) atoms. The minimum Gasteiger partial charge on any atom is -0.462 e. The molecule has 2 aromatic carbocycles. The summed E-state index contributed by atoms with van der Waals surface area (Å²) in [5.74, 6) is -0.320. The van der Waals surface area contributed by atoms with Crippen molar-refractivity contribution in [1.29, 1.82) is 0 Å². The molecule has 0 bridgehead atoms. The molecule has 1 heterocycles. The lowest BCUT2D eigenvalue weighted by atomic mass is 9.97. The van der Waals surface area contributed by atoms with Crippen LogP contribution in [0.4, 0.5) is 0 Å². The van der Waals surface area contributed by atoms with Crippen LogP contribution in [0.5, 0.6) is 5.75 Å². The lowest BCUT2D eigenvalue weighted by Crippen LogP contribution is -2.60. The molecule has 1 aliphatic heterocycles. The van der Waals surface area contributed by atoms with Crippen molar-refractivity contribution < 1.29 is 39.5 Å². The highest BCUT2D eigenvalue weighted by atomic mass is 16.7. The van der Waals surface area contributed by atoms with Gasteiger partial charge in [0.2, 0.25) is 6.29 Å². The first-order chi connectivity index (χ1) is 15.7. The molecule has 178 valence electrons. The highest BCUT2D eigenvalue weighted by Crippen LogP contribution is 2.31. The third kappa shape index (κ3) is 5.15. The first-order valence-electron chi connectivity index (χ1n) is 10.4. The Hall–Kier alpha value is -3.02. The van der Waals surface area contributed by atoms with Gasteiger partial charge in [-0.3, -0.25) is 9.59 Å². The third-order valence-corrected chi connectivity index (χ3v) is 5.51. The summed E-state index contributed by atoms with van der Waals surface area (Å²) in [6.45, 7) is 1.20. The molecule has 0 radical (unpaired) electrons. The fourth-order valence-corrected chi connectivity index (χ4v) is 3.60. The second-order valence-corrected chi connectivity index (χ2v) is 7.75. The van der Waals surface area contributed by atoms with E-state index in [0.717, 1.165) is 0 Å². The molecule has 1 saturated heterocycles. The maximum Gasteiger partial charge on any atom is 0.251 e. The number of hydrogen-bond acceptors (Lipinski definition) is 8. The fourth-order valence-electron chi connectivity index (χ4n) is 3.60. The summed E-state index contributed by atoms with van der Waals surface area (Å²) in [5.41, 5.74) is 2.65. The number of aryl methyl sites for hydroxylation is 1. The smallest absolute Gasteiger partial charge is 0.251 e. The Bertz CT molecular complexity index is 991. The summed E-state index contributed by atoms with van der Waals surface area (Å²) >= 11 is 0. The van der Waals surface area contributed by atoms with Gasteiger partial charge >= 0.3 is 0 Å². The molecule has 0 unspecified atom stereocenters. The molecule has 0 spiro atoms. The molecule has 10 heteroatoms. The van der Waals surface area contributed by atoms with Gasteiger partial charge in [-0.2, -0.15) is 0 Å². The number of hydrogen-bond donors (Lipinski definition) is 6. The first kappa shape index (κ1) is 24.6. The average molecular weight is 460 g/mol. The fraction of sp³-hybridized carbons (Fsp3) is 0.391. The van der Waals surface area contributed by atoms with E-state index in [1.807, 2.05) is 0 Å². The van der Waals surface area contributed by atoms with Crippen LogP contribution in [0, 0.1) is 6.92 Å². The van der Waals surface area contributed by atoms with Crippen LogP contribution in [-0.2, 0) is 4.74 Å². The van der Waals surface area contributed by atoms with E-state index < -0.39 is 37.3 Å². The number of benzene rings is 2. The molecule has 1 aliphatic rings. The van der Waals surface area contributed by atoms with Crippen LogP contribution in [0.2, 0.25) is 0 Å². The number of rotatable bonds is 6. The highest BCUT2D eigenvalue weighted by Gasteiger charge is 2.44. The summed E-state index contributed by atoms with van der Waals surface area (Å²) in [4.78, 5) is 24.4. The van der Waals surface area contributed by atoms with Gasteiger partial charge in [-0.1, -0.05) is 6.07 Å². The van der Waals surface area contributed by atoms with Crippen molar-refractivity contribution in [3.05, 3.63) is 53.1 Å². The SMILES string of the molecule is CNC(=O)c1cc(C(=O)NC)cc(-c2ccc(O[C@H]3O[C@H](CO)[C@@H](O)[C@H](O)[C@@H]3O)c(C)c2)c1. The highest BCUT2D eigenvalue weighted by molar-refractivity contribution is 6.01. The molecule has 3 rings (SSSR count). The Morgan fingerprint density at radius 1 is 0.909 bits per heavy atom. The molecule has 0 aliphatic carbocycles. The Balaban J connectivity index is 1.90. The molecule has 0 saturated carbocycles. The van der Waals surface area contributed by atoms with E-state index in [0.29, 0.717) is 33.6 Å². The van der Waals surface area contributed by atoms with Crippen molar-refractivity contribution in [2.75, 3.05) is 20.7 Å². The summed E-state index contributed by atoms with van der Waals surface area (Å²) in [6, 6.07) is 9.94. The summed E-state index contributed by atoms with van der Waals surface area (Å²) in [5, 5.41) is 44.5. The van der Waals surface area contributed by atoms with Gasteiger partial charge in [0.15, 0.2) is 0 Å². The van der Waals surface area contributed by atoms with E-state index in [-0.39, 0.29) is 11.8 Å². The second kappa shape index (κ2) is 10.3. The van der Waals surface area contributed by atoms with Gasteiger partial charge in [-0.15, -0.1) is 0 Å². The molecule has 6 N–H and O–H groups in total.